The van der Waals surface area contributed by atoms with Crippen molar-refractivity contribution in [2.24, 2.45) is 0 Å². The largest absolute Gasteiger partial charge is 0.377 e. The normalized spacial score (nSPS) is 14.0. The van der Waals surface area contributed by atoms with Crippen LogP contribution in [0.2, 0.25) is 0 Å². The van der Waals surface area contributed by atoms with Gasteiger partial charge in [-0.2, -0.15) is 0 Å². The van der Waals surface area contributed by atoms with Crippen LogP contribution in [0.3, 0.4) is 0 Å². The second kappa shape index (κ2) is 7.30. The minimum atomic E-state index is -0.574. The van der Waals surface area contributed by atoms with Crippen molar-refractivity contribution in [3.8, 4) is 0 Å². The van der Waals surface area contributed by atoms with Gasteiger partial charge in [0.15, 0.2) is 0 Å². The third kappa shape index (κ3) is 3.82. The highest BCUT2D eigenvalue weighted by Crippen LogP contribution is 2.24. The van der Waals surface area contributed by atoms with Crippen molar-refractivity contribution >= 4 is 40.2 Å². The van der Waals surface area contributed by atoms with E-state index >= 15 is 0 Å². The van der Waals surface area contributed by atoms with Crippen molar-refractivity contribution < 1.29 is 19.3 Å². The predicted molar refractivity (Wildman–Crippen MR) is 89.3 cm³/mol. The van der Waals surface area contributed by atoms with Crippen molar-refractivity contribution in [2.75, 3.05) is 37.8 Å². The van der Waals surface area contributed by atoms with Gasteiger partial charge in [0.05, 0.1) is 16.2 Å². The van der Waals surface area contributed by atoms with E-state index in [4.69, 9.17) is 0 Å². The van der Waals surface area contributed by atoms with Crippen LogP contribution in [-0.4, -0.2) is 59.8 Å². The van der Waals surface area contributed by atoms with Crippen LogP contribution in [0.15, 0.2) is 18.2 Å². The molecule has 10 heteroatoms. The minimum absolute atomic E-state index is 0.0721. The Morgan fingerprint density at radius 2 is 2.12 bits per heavy atom. The van der Waals surface area contributed by atoms with Crippen molar-refractivity contribution in [3.63, 3.8) is 0 Å². The number of anilines is 1. The highest BCUT2D eigenvalue weighted by molar-refractivity contribution is 8.14. The standard InChI is InChI=1S/C14H16N4O5S/c1-16(2)11-4-3-9(18(22)23)7-10(11)13(20)15-5-6-17-12(19)8-24-14(17)21/h3-4,7H,5-6,8H2,1-2H3,(H,15,20). The fraction of sp³-hybridized carbons (Fsp3) is 0.357. The summed E-state index contributed by atoms with van der Waals surface area (Å²) in [7, 11) is 3.44. The number of amides is 3. The lowest BCUT2D eigenvalue weighted by atomic mass is 10.1. The Labute approximate surface area is 142 Å². The highest BCUT2D eigenvalue weighted by Gasteiger charge is 2.29. The highest BCUT2D eigenvalue weighted by atomic mass is 32.2. The van der Waals surface area contributed by atoms with Gasteiger partial charge in [-0.15, -0.1) is 0 Å². The van der Waals surface area contributed by atoms with Gasteiger partial charge in [-0.3, -0.25) is 29.4 Å². The fourth-order valence-corrected chi connectivity index (χ4v) is 2.93. The lowest BCUT2D eigenvalue weighted by Gasteiger charge is -2.18. The number of carbonyl (C=O) groups excluding carboxylic acids is 3. The van der Waals surface area contributed by atoms with Crippen LogP contribution in [0.5, 0.6) is 0 Å². The van der Waals surface area contributed by atoms with E-state index in [1.807, 2.05) is 0 Å². The molecule has 1 aliphatic heterocycles. The molecule has 0 unspecified atom stereocenters. The first-order valence-corrected chi connectivity index (χ1v) is 8.01. The van der Waals surface area contributed by atoms with Gasteiger partial charge in [0.2, 0.25) is 5.91 Å². The number of nitrogens with zero attached hydrogens (tertiary/aromatic N) is 3. The first-order valence-electron chi connectivity index (χ1n) is 7.02. The van der Waals surface area contributed by atoms with Crippen LogP contribution in [0.25, 0.3) is 0 Å². The smallest absolute Gasteiger partial charge is 0.288 e. The van der Waals surface area contributed by atoms with E-state index in [0.717, 1.165) is 16.7 Å². The summed E-state index contributed by atoms with van der Waals surface area (Å²) in [6.45, 7) is 0.148. The molecule has 1 aliphatic rings. The first kappa shape index (κ1) is 17.7. The van der Waals surface area contributed by atoms with E-state index in [-0.39, 0.29) is 41.2 Å². The Hall–Kier alpha value is -2.62. The van der Waals surface area contributed by atoms with E-state index < -0.39 is 10.8 Å². The zero-order valence-electron chi connectivity index (χ0n) is 13.1. The summed E-state index contributed by atoms with van der Waals surface area (Å²) < 4.78 is 0. The number of nitro groups is 1. The molecule has 1 aromatic rings. The molecule has 0 saturated carbocycles. The Kier molecular flexibility index (Phi) is 5.39. The van der Waals surface area contributed by atoms with Gasteiger partial charge >= 0.3 is 0 Å². The van der Waals surface area contributed by atoms with Gasteiger partial charge < -0.3 is 10.2 Å². The molecule has 0 radical (unpaired) electrons. The summed E-state index contributed by atoms with van der Waals surface area (Å²) in [5, 5.41) is 13.1. The van der Waals surface area contributed by atoms with Crippen molar-refractivity contribution in [2.45, 2.75) is 0 Å². The Balaban J connectivity index is 2.08. The van der Waals surface area contributed by atoms with Crippen molar-refractivity contribution in [3.05, 3.63) is 33.9 Å². The molecule has 1 saturated heterocycles. The van der Waals surface area contributed by atoms with Gasteiger partial charge in [0.1, 0.15) is 0 Å². The molecule has 0 bridgehead atoms. The quantitative estimate of drug-likeness (QED) is 0.602. The van der Waals surface area contributed by atoms with Gasteiger partial charge in [0.25, 0.3) is 16.8 Å². The Morgan fingerprint density at radius 1 is 1.42 bits per heavy atom. The third-order valence-corrected chi connectivity index (χ3v) is 4.24. The molecule has 0 atom stereocenters. The molecule has 1 heterocycles. The van der Waals surface area contributed by atoms with E-state index in [0.29, 0.717) is 5.69 Å². The lowest BCUT2D eigenvalue weighted by Crippen LogP contribution is -2.37. The average molecular weight is 352 g/mol. The maximum absolute atomic E-state index is 12.3. The second-order valence-electron chi connectivity index (χ2n) is 5.21. The number of hydrogen-bond donors (Lipinski definition) is 1. The van der Waals surface area contributed by atoms with E-state index in [2.05, 4.69) is 5.32 Å². The Morgan fingerprint density at radius 3 is 2.67 bits per heavy atom. The fourth-order valence-electron chi connectivity index (χ4n) is 2.18. The minimum Gasteiger partial charge on any atom is -0.377 e. The van der Waals surface area contributed by atoms with Crippen LogP contribution in [-0.2, 0) is 4.79 Å². The molecule has 1 N–H and O–H groups in total. The predicted octanol–water partition coefficient (Wildman–Crippen LogP) is 1.09. The monoisotopic (exact) mass is 352 g/mol. The average Bonchev–Trinajstić information content (AvgIpc) is 2.85. The molecule has 1 fully saturated rings. The number of imide groups is 1. The zero-order chi connectivity index (χ0) is 17.9. The molecule has 2 rings (SSSR count). The summed E-state index contributed by atoms with van der Waals surface area (Å²) in [5.41, 5.74) is 0.497. The molecule has 24 heavy (non-hydrogen) atoms. The van der Waals surface area contributed by atoms with Gasteiger partial charge in [0, 0.05) is 45.0 Å². The third-order valence-electron chi connectivity index (χ3n) is 3.38. The summed E-state index contributed by atoms with van der Waals surface area (Å²) in [6, 6.07) is 4.02. The molecule has 0 spiro atoms. The van der Waals surface area contributed by atoms with Gasteiger partial charge in [-0.25, -0.2) is 0 Å². The number of benzene rings is 1. The van der Waals surface area contributed by atoms with Crippen molar-refractivity contribution in [1.82, 2.24) is 10.2 Å². The summed E-state index contributed by atoms with van der Waals surface area (Å²) in [5.74, 6) is -0.680. The summed E-state index contributed by atoms with van der Waals surface area (Å²) >= 11 is 0.923. The number of rotatable bonds is 6. The number of nitro benzene ring substituents is 1. The molecule has 0 aromatic heterocycles. The molecule has 1 aromatic carbocycles. The van der Waals surface area contributed by atoms with Crippen LogP contribution in [0, 0.1) is 10.1 Å². The van der Waals surface area contributed by atoms with E-state index in [1.165, 1.54) is 18.2 Å². The maximum Gasteiger partial charge on any atom is 0.288 e. The van der Waals surface area contributed by atoms with Crippen LogP contribution < -0.4 is 10.2 Å². The number of hydrogen-bond acceptors (Lipinski definition) is 7. The van der Waals surface area contributed by atoms with Gasteiger partial charge in [-0.05, 0) is 6.07 Å². The molecule has 9 nitrogen and oxygen atoms in total. The topological polar surface area (TPSA) is 113 Å². The van der Waals surface area contributed by atoms with Crippen molar-refractivity contribution in [1.29, 1.82) is 0 Å². The number of thioether (sulfide) groups is 1. The molecule has 0 aliphatic carbocycles. The van der Waals surface area contributed by atoms with Crippen LogP contribution in [0.4, 0.5) is 16.2 Å². The van der Waals surface area contributed by atoms with Gasteiger partial charge in [-0.1, -0.05) is 11.8 Å². The zero-order valence-corrected chi connectivity index (χ0v) is 14.0. The van der Waals surface area contributed by atoms with Crippen LogP contribution >= 0.6 is 11.8 Å². The Bertz CT molecular complexity index is 690. The number of nitrogens with one attached hydrogen (secondary N) is 1. The lowest BCUT2D eigenvalue weighted by molar-refractivity contribution is -0.384. The summed E-state index contributed by atoms with van der Waals surface area (Å²) in [6.07, 6.45) is 0. The molecule has 3 amide bonds. The molecule has 128 valence electrons. The number of non-ortho nitro benzene ring substituents is 1. The molecular formula is C14H16N4O5S. The summed E-state index contributed by atoms with van der Waals surface area (Å²) in [4.78, 5) is 48.3. The first-order chi connectivity index (χ1) is 11.3. The number of carbonyl (C=O) groups is 3. The van der Waals surface area contributed by atoms with E-state index in [1.54, 1.807) is 19.0 Å². The maximum atomic E-state index is 12.3. The van der Waals surface area contributed by atoms with Crippen LogP contribution in [0.1, 0.15) is 10.4 Å². The molecular weight excluding hydrogens is 336 g/mol. The van der Waals surface area contributed by atoms with E-state index in [9.17, 15) is 24.5 Å². The second-order valence-corrected chi connectivity index (χ2v) is 6.14. The SMILES string of the molecule is CN(C)c1ccc([N+](=O)[O-])cc1C(=O)NCCN1C(=O)CSC1=O.